The summed E-state index contributed by atoms with van der Waals surface area (Å²) in [6.07, 6.45) is 8.69. The summed E-state index contributed by atoms with van der Waals surface area (Å²) in [6, 6.07) is 13.3. The molecule has 3 fully saturated rings. The third kappa shape index (κ3) is 4.88. The zero-order valence-electron chi connectivity index (χ0n) is 20.3. The number of quaternary nitrogens is 1. The van der Waals surface area contributed by atoms with Gasteiger partial charge >= 0.3 is 0 Å². The van der Waals surface area contributed by atoms with Gasteiger partial charge < -0.3 is 16.0 Å². The van der Waals surface area contributed by atoms with Crippen molar-refractivity contribution in [3.8, 4) is 0 Å². The predicted octanol–water partition coefficient (Wildman–Crippen LogP) is 4.16. The van der Waals surface area contributed by atoms with Crippen LogP contribution in [0.1, 0.15) is 70.4 Å². The summed E-state index contributed by atoms with van der Waals surface area (Å²) in [5, 5.41) is 0. The van der Waals surface area contributed by atoms with Gasteiger partial charge in [-0.15, -0.1) is 0 Å². The molecule has 4 rings (SSSR count). The molecule has 7 unspecified atom stereocenters. The maximum Gasteiger partial charge on any atom is 0.0796 e. The number of benzene rings is 1. The number of nitrogens with two attached hydrogens (primary N) is 2. The number of piperidine rings is 1. The quantitative estimate of drug-likeness (QED) is 0.643. The van der Waals surface area contributed by atoms with E-state index >= 15 is 0 Å². The third-order valence-electron chi connectivity index (χ3n) is 9.43. The molecule has 0 aromatic heterocycles. The van der Waals surface area contributed by atoms with Crippen LogP contribution in [0.2, 0.25) is 0 Å². The van der Waals surface area contributed by atoms with Gasteiger partial charge in [0.05, 0.1) is 26.7 Å². The highest BCUT2D eigenvalue weighted by Crippen LogP contribution is 2.54. The second-order valence-corrected chi connectivity index (χ2v) is 11.1. The highest BCUT2D eigenvalue weighted by Gasteiger charge is 2.51. The SMILES string of the molecule is CC[N+](C)(CC)CCCN1C2CC(N)CCC2C2CCC(N)CC2C1c1ccccc1. The molecule has 0 radical (unpaired) electrons. The van der Waals surface area contributed by atoms with Crippen molar-refractivity contribution in [1.29, 1.82) is 0 Å². The number of hydrogen-bond acceptors (Lipinski definition) is 3. The monoisotopic (exact) mass is 427 g/mol. The summed E-state index contributed by atoms with van der Waals surface area (Å²) in [6.45, 7) is 9.56. The van der Waals surface area contributed by atoms with Gasteiger partial charge in [-0.1, -0.05) is 30.3 Å². The Morgan fingerprint density at radius 2 is 1.52 bits per heavy atom. The fraction of sp³-hybridized carbons (Fsp3) is 0.778. The van der Waals surface area contributed by atoms with Gasteiger partial charge in [0.1, 0.15) is 0 Å². The van der Waals surface area contributed by atoms with Crippen LogP contribution < -0.4 is 11.5 Å². The Hall–Kier alpha value is -0.940. The maximum absolute atomic E-state index is 6.57. The molecule has 4 N–H and O–H groups in total. The van der Waals surface area contributed by atoms with Crippen molar-refractivity contribution in [2.75, 3.05) is 33.2 Å². The predicted molar refractivity (Wildman–Crippen MR) is 131 cm³/mol. The Kier molecular flexibility index (Phi) is 7.42. The van der Waals surface area contributed by atoms with Crippen molar-refractivity contribution in [3.05, 3.63) is 35.9 Å². The first-order valence-corrected chi connectivity index (χ1v) is 13.1. The second kappa shape index (κ2) is 9.91. The summed E-state index contributed by atoms with van der Waals surface area (Å²) in [5.74, 6) is 2.33. The van der Waals surface area contributed by atoms with E-state index in [0.29, 0.717) is 30.1 Å². The molecule has 7 atom stereocenters. The topological polar surface area (TPSA) is 55.3 Å². The van der Waals surface area contributed by atoms with Gasteiger partial charge in [-0.25, -0.2) is 0 Å². The Bertz CT molecular complexity index is 688. The molecule has 31 heavy (non-hydrogen) atoms. The Morgan fingerprint density at radius 3 is 2.19 bits per heavy atom. The first kappa shape index (κ1) is 23.2. The molecule has 4 nitrogen and oxygen atoms in total. The molecule has 4 heteroatoms. The minimum atomic E-state index is 0.370. The lowest BCUT2D eigenvalue weighted by atomic mass is 9.58. The van der Waals surface area contributed by atoms with Crippen molar-refractivity contribution >= 4 is 0 Å². The van der Waals surface area contributed by atoms with Crippen LogP contribution >= 0.6 is 0 Å². The van der Waals surface area contributed by atoms with E-state index in [1.165, 1.54) is 81.2 Å². The molecular formula is C27H47N4+. The van der Waals surface area contributed by atoms with Crippen molar-refractivity contribution in [2.24, 2.45) is 29.2 Å². The van der Waals surface area contributed by atoms with Crippen LogP contribution in [0.5, 0.6) is 0 Å². The normalized spacial score (nSPS) is 36.6. The zero-order valence-corrected chi connectivity index (χ0v) is 20.3. The van der Waals surface area contributed by atoms with E-state index in [-0.39, 0.29) is 0 Å². The molecule has 0 amide bonds. The summed E-state index contributed by atoms with van der Waals surface area (Å²) in [7, 11) is 2.42. The summed E-state index contributed by atoms with van der Waals surface area (Å²) in [4.78, 5) is 2.92. The van der Waals surface area contributed by atoms with Crippen molar-refractivity contribution < 1.29 is 4.48 Å². The maximum atomic E-state index is 6.57. The highest BCUT2D eigenvalue weighted by molar-refractivity contribution is 5.23. The number of nitrogens with zero attached hydrogens (tertiary/aromatic N) is 2. The second-order valence-electron chi connectivity index (χ2n) is 11.1. The van der Waals surface area contributed by atoms with Gasteiger partial charge in [-0.3, -0.25) is 4.90 Å². The van der Waals surface area contributed by atoms with Crippen LogP contribution in [0, 0.1) is 17.8 Å². The van der Waals surface area contributed by atoms with E-state index < -0.39 is 0 Å². The molecule has 0 bridgehead atoms. The summed E-state index contributed by atoms with van der Waals surface area (Å²) < 4.78 is 1.17. The summed E-state index contributed by atoms with van der Waals surface area (Å²) >= 11 is 0. The smallest absolute Gasteiger partial charge is 0.0796 e. The van der Waals surface area contributed by atoms with Gasteiger partial charge in [0.15, 0.2) is 0 Å². The Labute approximate surface area is 190 Å². The zero-order chi connectivity index (χ0) is 22.0. The van der Waals surface area contributed by atoms with Crippen molar-refractivity contribution in [3.63, 3.8) is 0 Å². The van der Waals surface area contributed by atoms with Gasteiger partial charge in [0, 0.05) is 37.1 Å². The van der Waals surface area contributed by atoms with E-state index in [4.69, 9.17) is 11.5 Å². The third-order valence-corrected chi connectivity index (χ3v) is 9.43. The van der Waals surface area contributed by atoms with E-state index in [1.807, 2.05) is 0 Å². The lowest BCUT2D eigenvalue weighted by molar-refractivity contribution is -0.906. The summed E-state index contributed by atoms with van der Waals surface area (Å²) in [5.41, 5.74) is 14.6. The van der Waals surface area contributed by atoms with E-state index in [9.17, 15) is 0 Å². The molecular weight excluding hydrogens is 380 g/mol. The fourth-order valence-electron chi connectivity index (χ4n) is 7.26. The van der Waals surface area contributed by atoms with E-state index in [1.54, 1.807) is 0 Å². The minimum absolute atomic E-state index is 0.370. The molecule has 174 valence electrons. The Morgan fingerprint density at radius 1 is 0.871 bits per heavy atom. The fourth-order valence-corrected chi connectivity index (χ4v) is 7.26. The number of likely N-dealkylation sites (tertiary alicyclic amines) is 1. The Balaban J connectivity index is 1.64. The average molecular weight is 428 g/mol. The molecule has 1 saturated heterocycles. The molecule has 1 aromatic rings. The lowest BCUT2D eigenvalue weighted by Gasteiger charge is -2.59. The van der Waals surface area contributed by atoms with Crippen molar-refractivity contribution in [1.82, 2.24) is 4.90 Å². The van der Waals surface area contributed by atoms with Gasteiger partial charge in [-0.2, -0.15) is 0 Å². The van der Waals surface area contributed by atoms with Gasteiger partial charge in [0.2, 0.25) is 0 Å². The lowest BCUT2D eigenvalue weighted by Crippen LogP contribution is -2.60. The van der Waals surface area contributed by atoms with Crippen LogP contribution in [0.25, 0.3) is 0 Å². The molecule has 2 saturated carbocycles. The van der Waals surface area contributed by atoms with Crippen LogP contribution in [-0.4, -0.2) is 60.7 Å². The van der Waals surface area contributed by atoms with Crippen LogP contribution in [0.4, 0.5) is 0 Å². The highest BCUT2D eigenvalue weighted by atomic mass is 15.3. The largest absolute Gasteiger partial charge is 0.328 e. The standard InChI is InChI=1S/C27H47N4/c1-4-31(3,5-2)17-9-16-30-26-19-22(29)13-15-24(26)23-14-12-21(28)18-25(23)27(30)20-10-7-6-8-11-20/h6-8,10-11,21-27H,4-5,9,12-19,28-29H2,1-3H3/q+1. The molecule has 2 aliphatic carbocycles. The number of fused-ring (bicyclic) bond motifs is 3. The van der Waals surface area contributed by atoms with Crippen LogP contribution in [0.3, 0.4) is 0 Å². The number of rotatable bonds is 7. The van der Waals surface area contributed by atoms with Gasteiger partial charge in [-0.05, 0) is 75.7 Å². The van der Waals surface area contributed by atoms with Crippen LogP contribution in [0.15, 0.2) is 30.3 Å². The molecule has 3 aliphatic rings. The first-order valence-electron chi connectivity index (χ1n) is 13.1. The first-order chi connectivity index (χ1) is 15.0. The minimum Gasteiger partial charge on any atom is -0.328 e. The van der Waals surface area contributed by atoms with E-state index in [2.05, 4.69) is 56.1 Å². The van der Waals surface area contributed by atoms with E-state index in [0.717, 1.165) is 11.8 Å². The number of hydrogen-bond donors (Lipinski definition) is 2. The molecule has 0 spiro atoms. The average Bonchev–Trinajstić information content (AvgIpc) is 2.79. The molecule has 1 heterocycles. The van der Waals surface area contributed by atoms with Crippen molar-refractivity contribution in [2.45, 2.75) is 83.0 Å². The molecule has 1 aromatic carbocycles. The molecule has 1 aliphatic heterocycles. The van der Waals surface area contributed by atoms with Crippen LogP contribution in [-0.2, 0) is 0 Å². The van der Waals surface area contributed by atoms with Gasteiger partial charge in [0.25, 0.3) is 0 Å².